The molecule has 0 radical (unpaired) electrons. The average molecular weight is 291 g/mol. The third-order valence-electron chi connectivity index (χ3n) is 2.91. The van der Waals surface area contributed by atoms with Gasteiger partial charge in [-0.2, -0.15) is 0 Å². The number of phenols is 1. The Balaban J connectivity index is 1.90. The first-order chi connectivity index (χ1) is 9.56. The van der Waals surface area contributed by atoms with Gasteiger partial charge in [-0.3, -0.25) is 4.79 Å². The molecule has 6 heteroatoms. The van der Waals surface area contributed by atoms with Gasteiger partial charge in [-0.1, -0.05) is 12.1 Å². The number of carbonyl (C=O) groups is 1. The summed E-state index contributed by atoms with van der Waals surface area (Å²) in [5.41, 5.74) is 6.81. The van der Waals surface area contributed by atoms with Crippen LogP contribution in [0.5, 0.6) is 5.75 Å². The Labute approximate surface area is 121 Å². The van der Waals surface area contributed by atoms with E-state index in [2.05, 4.69) is 10.3 Å². The Morgan fingerprint density at radius 1 is 1.45 bits per heavy atom. The molecule has 2 atom stereocenters. The number of phenolic OH excluding ortho intramolecular Hbond substituents is 1. The molecular weight excluding hydrogens is 274 g/mol. The predicted molar refractivity (Wildman–Crippen MR) is 78.5 cm³/mol. The summed E-state index contributed by atoms with van der Waals surface area (Å²) in [6.07, 6.45) is 2.13. The lowest BCUT2D eigenvalue weighted by Gasteiger charge is -2.16. The lowest BCUT2D eigenvalue weighted by Crippen LogP contribution is -2.42. The molecule has 1 amide bonds. The van der Waals surface area contributed by atoms with Crippen LogP contribution in [0.25, 0.3) is 0 Å². The van der Waals surface area contributed by atoms with Gasteiger partial charge in [-0.25, -0.2) is 4.98 Å². The van der Waals surface area contributed by atoms with E-state index < -0.39 is 6.04 Å². The summed E-state index contributed by atoms with van der Waals surface area (Å²) in [6.45, 7) is 1.88. The number of nitrogens with one attached hydrogen (secondary N) is 1. The maximum Gasteiger partial charge on any atom is 0.237 e. The summed E-state index contributed by atoms with van der Waals surface area (Å²) in [7, 11) is 0. The maximum absolute atomic E-state index is 12.0. The number of rotatable bonds is 5. The van der Waals surface area contributed by atoms with Crippen LogP contribution in [0.4, 0.5) is 0 Å². The summed E-state index contributed by atoms with van der Waals surface area (Å²) in [5.74, 6) is -0.00931. The summed E-state index contributed by atoms with van der Waals surface area (Å²) >= 11 is 1.50. The van der Waals surface area contributed by atoms with Crippen molar-refractivity contribution in [1.29, 1.82) is 0 Å². The topological polar surface area (TPSA) is 88.2 Å². The third kappa shape index (κ3) is 3.79. The number of nitrogens with two attached hydrogens (primary N) is 1. The molecule has 0 bridgehead atoms. The van der Waals surface area contributed by atoms with Crippen LogP contribution < -0.4 is 11.1 Å². The summed E-state index contributed by atoms with van der Waals surface area (Å²) < 4.78 is 0. The normalized spacial score (nSPS) is 13.7. The minimum Gasteiger partial charge on any atom is -0.508 e. The van der Waals surface area contributed by atoms with E-state index in [9.17, 15) is 9.90 Å². The second-order valence-corrected chi connectivity index (χ2v) is 5.50. The highest BCUT2D eigenvalue weighted by molar-refractivity contribution is 7.09. The van der Waals surface area contributed by atoms with Gasteiger partial charge in [0.1, 0.15) is 10.8 Å². The zero-order valence-corrected chi connectivity index (χ0v) is 11.9. The number of hydrogen-bond donors (Lipinski definition) is 3. The molecule has 0 fully saturated rings. The second kappa shape index (κ2) is 6.49. The van der Waals surface area contributed by atoms with Crippen molar-refractivity contribution in [2.45, 2.75) is 25.4 Å². The molecule has 0 spiro atoms. The number of aromatic hydroxyl groups is 1. The van der Waals surface area contributed by atoms with Gasteiger partial charge in [0.2, 0.25) is 5.91 Å². The van der Waals surface area contributed by atoms with E-state index in [4.69, 9.17) is 5.73 Å². The molecule has 0 aliphatic rings. The van der Waals surface area contributed by atoms with Gasteiger partial charge < -0.3 is 16.2 Å². The number of hydrogen-bond acceptors (Lipinski definition) is 5. The highest BCUT2D eigenvalue weighted by Gasteiger charge is 2.18. The van der Waals surface area contributed by atoms with Gasteiger partial charge in [-0.15, -0.1) is 11.3 Å². The molecule has 0 saturated heterocycles. The van der Waals surface area contributed by atoms with Gasteiger partial charge in [-0.05, 0) is 31.0 Å². The van der Waals surface area contributed by atoms with Crippen LogP contribution in [-0.4, -0.2) is 22.0 Å². The van der Waals surface area contributed by atoms with Gasteiger partial charge in [0.15, 0.2) is 0 Å². The zero-order chi connectivity index (χ0) is 14.5. The van der Waals surface area contributed by atoms with Gasteiger partial charge in [0.05, 0.1) is 12.1 Å². The van der Waals surface area contributed by atoms with Crippen molar-refractivity contribution in [3.63, 3.8) is 0 Å². The smallest absolute Gasteiger partial charge is 0.237 e. The maximum atomic E-state index is 12.0. The van der Waals surface area contributed by atoms with Crippen molar-refractivity contribution in [3.8, 4) is 5.75 Å². The van der Waals surface area contributed by atoms with Crippen LogP contribution in [0, 0.1) is 0 Å². The van der Waals surface area contributed by atoms with Gasteiger partial charge in [0.25, 0.3) is 0 Å². The lowest BCUT2D eigenvalue weighted by atomic mass is 10.1. The molecule has 1 aromatic heterocycles. The van der Waals surface area contributed by atoms with Crippen molar-refractivity contribution >= 4 is 17.2 Å². The van der Waals surface area contributed by atoms with Crippen molar-refractivity contribution in [1.82, 2.24) is 10.3 Å². The fourth-order valence-electron chi connectivity index (χ4n) is 1.81. The van der Waals surface area contributed by atoms with Crippen LogP contribution in [-0.2, 0) is 11.2 Å². The number of carbonyl (C=O) groups excluding carboxylic acids is 1. The first-order valence-electron chi connectivity index (χ1n) is 6.29. The number of nitrogens with zero attached hydrogens (tertiary/aromatic N) is 1. The fourth-order valence-corrected chi connectivity index (χ4v) is 2.46. The quantitative estimate of drug-likeness (QED) is 0.780. The second-order valence-electron chi connectivity index (χ2n) is 4.58. The van der Waals surface area contributed by atoms with Crippen molar-refractivity contribution in [2.24, 2.45) is 5.73 Å². The van der Waals surface area contributed by atoms with E-state index in [-0.39, 0.29) is 17.7 Å². The largest absolute Gasteiger partial charge is 0.508 e. The van der Waals surface area contributed by atoms with E-state index in [0.29, 0.717) is 6.42 Å². The van der Waals surface area contributed by atoms with E-state index in [1.54, 1.807) is 30.5 Å². The fraction of sp³-hybridized carbons (Fsp3) is 0.286. The molecule has 0 saturated carbocycles. The van der Waals surface area contributed by atoms with Crippen molar-refractivity contribution < 1.29 is 9.90 Å². The molecule has 5 nitrogen and oxygen atoms in total. The molecule has 20 heavy (non-hydrogen) atoms. The predicted octanol–water partition coefficient (Wildman–Crippen LogP) is 1.60. The molecule has 4 N–H and O–H groups in total. The molecule has 2 unspecified atom stereocenters. The Morgan fingerprint density at radius 2 is 2.15 bits per heavy atom. The van der Waals surface area contributed by atoms with Crippen LogP contribution in [0.3, 0.4) is 0 Å². The number of benzene rings is 1. The van der Waals surface area contributed by atoms with Crippen LogP contribution in [0.15, 0.2) is 35.8 Å². The number of aromatic nitrogens is 1. The monoisotopic (exact) mass is 291 g/mol. The molecule has 1 heterocycles. The molecule has 0 aliphatic heterocycles. The van der Waals surface area contributed by atoms with Crippen LogP contribution in [0.1, 0.15) is 23.5 Å². The lowest BCUT2D eigenvalue weighted by molar-refractivity contribution is -0.123. The minimum atomic E-state index is -0.623. The summed E-state index contributed by atoms with van der Waals surface area (Å²) in [6, 6.07) is 5.91. The zero-order valence-electron chi connectivity index (χ0n) is 11.1. The van der Waals surface area contributed by atoms with E-state index in [1.165, 1.54) is 11.3 Å². The summed E-state index contributed by atoms with van der Waals surface area (Å²) in [5, 5.41) is 14.8. The Hall–Kier alpha value is -1.92. The molecule has 2 rings (SSSR count). The van der Waals surface area contributed by atoms with Crippen LogP contribution in [0.2, 0.25) is 0 Å². The Kier molecular flexibility index (Phi) is 4.70. The van der Waals surface area contributed by atoms with Crippen molar-refractivity contribution in [2.75, 3.05) is 0 Å². The first-order valence-corrected chi connectivity index (χ1v) is 7.17. The SMILES string of the molecule is CC(NC(=O)C(N)Cc1ccc(O)cc1)c1nccs1. The molecular formula is C14H17N3O2S. The summed E-state index contributed by atoms with van der Waals surface area (Å²) in [4.78, 5) is 16.2. The van der Waals surface area contributed by atoms with Crippen LogP contribution >= 0.6 is 11.3 Å². The Bertz CT molecular complexity index is 554. The average Bonchev–Trinajstić information content (AvgIpc) is 2.95. The standard InChI is InChI=1S/C14H17N3O2S/c1-9(14-16-6-7-20-14)17-13(19)12(15)8-10-2-4-11(18)5-3-10/h2-7,9,12,18H,8,15H2,1H3,(H,17,19). The van der Waals surface area contributed by atoms with E-state index in [0.717, 1.165) is 10.6 Å². The minimum absolute atomic E-state index is 0.145. The molecule has 0 aliphatic carbocycles. The van der Waals surface area contributed by atoms with E-state index in [1.807, 2.05) is 12.3 Å². The number of amides is 1. The molecule has 106 valence electrons. The van der Waals surface area contributed by atoms with Gasteiger partial charge >= 0.3 is 0 Å². The Morgan fingerprint density at radius 3 is 2.75 bits per heavy atom. The molecule has 2 aromatic rings. The van der Waals surface area contributed by atoms with Gasteiger partial charge in [0, 0.05) is 11.6 Å². The highest BCUT2D eigenvalue weighted by atomic mass is 32.1. The first kappa shape index (κ1) is 14.5. The van der Waals surface area contributed by atoms with Crippen molar-refractivity contribution in [3.05, 3.63) is 46.4 Å². The molecule has 1 aromatic carbocycles. The highest BCUT2D eigenvalue weighted by Crippen LogP contribution is 2.15. The van der Waals surface area contributed by atoms with E-state index >= 15 is 0 Å². The third-order valence-corrected chi connectivity index (χ3v) is 3.87. The number of thiazole rings is 1.